The Hall–Kier alpha value is -1.19. The molecule has 1 heterocycles. The van der Waals surface area contributed by atoms with Gasteiger partial charge in [-0.05, 0) is 25.3 Å². The number of aryl methyl sites for hydroxylation is 1. The molecule has 1 atom stereocenters. The molecule has 1 saturated carbocycles. The van der Waals surface area contributed by atoms with E-state index in [1.54, 1.807) is 11.3 Å². The third-order valence-corrected chi connectivity index (χ3v) is 3.89. The zero-order valence-electron chi connectivity index (χ0n) is 9.89. The fourth-order valence-corrected chi connectivity index (χ4v) is 2.75. The summed E-state index contributed by atoms with van der Waals surface area (Å²) in [6.45, 7) is 2.14. The average molecular weight is 244 g/mol. The molecule has 2 nitrogen and oxygen atoms in total. The van der Waals surface area contributed by atoms with Gasteiger partial charge in [0.25, 0.3) is 0 Å². The number of aromatic nitrogens is 1. The van der Waals surface area contributed by atoms with Gasteiger partial charge in [0.1, 0.15) is 5.01 Å². The lowest BCUT2D eigenvalue weighted by atomic mass is 10.0. The number of rotatable bonds is 4. The van der Waals surface area contributed by atoms with Crippen LogP contribution in [0.4, 0.5) is 0 Å². The normalized spacial score (nSPS) is 17.0. The topological polar surface area (TPSA) is 24.9 Å². The Balaban J connectivity index is 1.92. The molecule has 2 aromatic rings. The molecule has 1 aromatic heterocycles. The lowest BCUT2D eigenvalue weighted by Gasteiger charge is -2.17. The Morgan fingerprint density at radius 3 is 2.94 bits per heavy atom. The van der Waals surface area contributed by atoms with Crippen LogP contribution < -0.4 is 5.32 Å². The van der Waals surface area contributed by atoms with Crippen LogP contribution in [0.3, 0.4) is 0 Å². The van der Waals surface area contributed by atoms with Crippen LogP contribution in [0.1, 0.15) is 35.0 Å². The predicted octanol–water partition coefficient (Wildman–Crippen LogP) is 3.29. The van der Waals surface area contributed by atoms with Gasteiger partial charge >= 0.3 is 0 Å². The summed E-state index contributed by atoms with van der Waals surface area (Å²) < 4.78 is 0. The zero-order chi connectivity index (χ0) is 11.7. The maximum Gasteiger partial charge on any atom is 0.114 e. The van der Waals surface area contributed by atoms with Crippen molar-refractivity contribution in [1.29, 1.82) is 0 Å². The van der Waals surface area contributed by atoms with E-state index in [9.17, 15) is 0 Å². The van der Waals surface area contributed by atoms with Crippen LogP contribution >= 0.6 is 11.3 Å². The molecular weight excluding hydrogens is 228 g/mol. The van der Waals surface area contributed by atoms with Crippen LogP contribution in [-0.4, -0.2) is 11.0 Å². The van der Waals surface area contributed by atoms with Crippen molar-refractivity contribution >= 4 is 11.3 Å². The summed E-state index contributed by atoms with van der Waals surface area (Å²) in [6.07, 6.45) is 4.48. The van der Waals surface area contributed by atoms with E-state index >= 15 is 0 Å². The Morgan fingerprint density at radius 2 is 2.29 bits per heavy atom. The van der Waals surface area contributed by atoms with Gasteiger partial charge in [0.2, 0.25) is 0 Å². The zero-order valence-corrected chi connectivity index (χ0v) is 10.7. The van der Waals surface area contributed by atoms with E-state index in [1.807, 2.05) is 11.6 Å². The highest BCUT2D eigenvalue weighted by Crippen LogP contribution is 2.29. The molecule has 0 aliphatic heterocycles. The molecule has 0 radical (unpaired) electrons. The van der Waals surface area contributed by atoms with E-state index in [1.165, 1.54) is 29.0 Å². The van der Waals surface area contributed by atoms with Crippen LogP contribution in [-0.2, 0) is 0 Å². The third kappa shape index (κ3) is 2.56. The maximum atomic E-state index is 4.46. The Morgan fingerprint density at radius 1 is 1.41 bits per heavy atom. The minimum absolute atomic E-state index is 0.266. The van der Waals surface area contributed by atoms with Crippen LogP contribution in [0.2, 0.25) is 0 Å². The second-order valence-electron chi connectivity index (χ2n) is 4.66. The highest BCUT2D eigenvalue weighted by molar-refractivity contribution is 7.09. The summed E-state index contributed by atoms with van der Waals surface area (Å²) in [4.78, 5) is 4.46. The minimum Gasteiger partial charge on any atom is -0.301 e. The van der Waals surface area contributed by atoms with E-state index in [-0.39, 0.29) is 6.04 Å². The second-order valence-corrected chi connectivity index (χ2v) is 5.58. The van der Waals surface area contributed by atoms with Crippen LogP contribution in [0.25, 0.3) is 0 Å². The molecule has 1 aromatic carbocycles. The lowest BCUT2D eigenvalue weighted by molar-refractivity contribution is 0.598. The van der Waals surface area contributed by atoms with Gasteiger partial charge in [-0.2, -0.15) is 0 Å². The standard InChI is InChI=1S/C14H16N2S/c1-10-3-2-4-11(9-10)13(16-12-5-6-12)14-15-7-8-17-14/h2-4,7-9,12-13,16H,5-6H2,1H3. The number of hydrogen-bond acceptors (Lipinski definition) is 3. The van der Waals surface area contributed by atoms with E-state index in [2.05, 4.69) is 41.5 Å². The molecule has 1 unspecified atom stereocenters. The van der Waals surface area contributed by atoms with E-state index in [0.717, 1.165) is 0 Å². The van der Waals surface area contributed by atoms with Gasteiger partial charge in [0.15, 0.2) is 0 Å². The lowest BCUT2D eigenvalue weighted by Crippen LogP contribution is -2.24. The molecule has 0 spiro atoms. The highest BCUT2D eigenvalue weighted by atomic mass is 32.1. The first kappa shape index (κ1) is 10.9. The van der Waals surface area contributed by atoms with Gasteiger partial charge in [-0.3, -0.25) is 0 Å². The second kappa shape index (κ2) is 4.59. The summed E-state index contributed by atoms with van der Waals surface area (Å²) in [7, 11) is 0. The molecular formula is C14H16N2S. The first-order valence-corrected chi connectivity index (χ1v) is 6.93. The molecule has 0 saturated heterocycles. The molecule has 0 amide bonds. The molecule has 17 heavy (non-hydrogen) atoms. The van der Waals surface area contributed by atoms with Crippen molar-refractivity contribution in [3.8, 4) is 0 Å². The summed E-state index contributed by atoms with van der Waals surface area (Å²) in [5.74, 6) is 0. The molecule has 88 valence electrons. The number of nitrogens with one attached hydrogen (secondary N) is 1. The van der Waals surface area contributed by atoms with Crippen molar-refractivity contribution in [3.05, 3.63) is 52.0 Å². The molecule has 0 bridgehead atoms. The van der Waals surface area contributed by atoms with Crippen LogP contribution in [0, 0.1) is 6.92 Å². The number of thiazole rings is 1. The molecule has 1 fully saturated rings. The Bertz CT molecular complexity index is 489. The first-order chi connectivity index (χ1) is 8.33. The maximum absolute atomic E-state index is 4.46. The van der Waals surface area contributed by atoms with Gasteiger partial charge in [0, 0.05) is 17.6 Å². The summed E-state index contributed by atoms with van der Waals surface area (Å²) in [6, 6.07) is 9.65. The smallest absolute Gasteiger partial charge is 0.114 e. The molecule has 1 N–H and O–H groups in total. The molecule has 1 aliphatic rings. The van der Waals surface area contributed by atoms with Gasteiger partial charge in [-0.15, -0.1) is 11.3 Å². The monoisotopic (exact) mass is 244 g/mol. The molecule has 3 heteroatoms. The van der Waals surface area contributed by atoms with Crippen molar-refractivity contribution in [3.63, 3.8) is 0 Å². The largest absolute Gasteiger partial charge is 0.301 e. The van der Waals surface area contributed by atoms with E-state index < -0.39 is 0 Å². The first-order valence-electron chi connectivity index (χ1n) is 6.05. The summed E-state index contributed by atoms with van der Waals surface area (Å²) >= 11 is 1.73. The molecule has 3 rings (SSSR count). The van der Waals surface area contributed by atoms with E-state index in [0.29, 0.717) is 6.04 Å². The predicted molar refractivity (Wildman–Crippen MR) is 71.3 cm³/mol. The number of benzene rings is 1. The van der Waals surface area contributed by atoms with E-state index in [4.69, 9.17) is 0 Å². The fraction of sp³-hybridized carbons (Fsp3) is 0.357. The summed E-state index contributed by atoms with van der Waals surface area (Å²) in [5, 5.41) is 6.90. The number of hydrogen-bond donors (Lipinski definition) is 1. The van der Waals surface area contributed by atoms with Crippen molar-refractivity contribution in [2.75, 3.05) is 0 Å². The van der Waals surface area contributed by atoms with Gasteiger partial charge in [-0.25, -0.2) is 4.98 Å². The fourth-order valence-electron chi connectivity index (χ4n) is 2.02. The van der Waals surface area contributed by atoms with Crippen molar-refractivity contribution in [2.45, 2.75) is 31.8 Å². The summed E-state index contributed by atoms with van der Waals surface area (Å²) in [5.41, 5.74) is 2.63. The SMILES string of the molecule is Cc1cccc(C(NC2CC2)c2nccs2)c1. The third-order valence-electron chi connectivity index (χ3n) is 3.05. The van der Waals surface area contributed by atoms with Crippen molar-refractivity contribution in [1.82, 2.24) is 10.3 Å². The van der Waals surface area contributed by atoms with Crippen molar-refractivity contribution < 1.29 is 0 Å². The highest BCUT2D eigenvalue weighted by Gasteiger charge is 2.27. The van der Waals surface area contributed by atoms with Gasteiger partial charge < -0.3 is 5.32 Å². The van der Waals surface area contributed by atoms with Gasteiger partial charge in [0.05, 0.1) is 6.04 Å². The quantitative estimate of drug-likeness (QED) is 0.892. The van der Waals surface area contributed by atoms with Crippen molar-refractivity contribution in [2.24, 2.45) is 0 Å². The number of nitrogens with zero attached hydrogens (tertiary/aromatic N) is 1. The van der Waals surface area contributed by atoms with Crippen LogP contribution in [0.5, 0.6) is 0 Å². The Kier molecular flexibility index (Phi) is 2.95. The molecule has 1 aliphatic carbocycles. The minimum atomic E-state index is 0.266. The van der Waals surface area contributed by atoms with Crippen LogP contribution in [0.15, 0.2) is 35.8 Å². The van der Waals surface area contributed by atoms with Gasteiger partial charge in [-0.1, -0.05) is 29.8 Å². The Labute approximate surface area is 106 Å². The average Bonchev–Trinajstić information content (AvgIpc) is 2.99.